The molecule has 30 heavy (non-hydrogen) atoms. The van der Waals surface area contributed by atoms with Crippen LogP contribution in [0.1, 0.15) is 29.7 Å². The van der Waals surface area contributed by atoms with E-state index in [1.165, 1.54) is 13.2 Å². The van der Waals surface area contributed by atoms with E-state index < -0.39 is 5.82 Å². The Labute approximate surface area is 175 Å². The van der Waals surface area contributed by atoms with Gasteiger partial charge in [0.05, 0.1) is 31.4 Å². The third-order valence-corrected chi connectivity index (χ3v) is 4.99. The third kappa shape index (κ3) is 4.81. The molecule has 2 aromatic carbocycles. The fourth-order valence-electron chi connectivity index (χ4n) is 3.48. The predicted octanol–water partition coefficient (Wildman–Crippen LogP) is 3.42. The Morgan fingerprint density at radius 3 is 2.93 bits per heavy atom. The van der Waals surface area contributed by atoms with E-state index in [1.807, 2.05) is 12.1 Å². The molecule has 7 nitrogen and oxygen atoms in total. The average Bonchev–Trinajstić information content (AvgIpc) is 2.78. The Morgan fingerprint density at radius 1 is 1.37 bits per heavy atom. The van der Waals surface area contributed by atoms with Crippen molar-refractivity contribution in [1.82, 2.24) is 10.2 Å². The molecule has 0 aromatic heterocycles. The number of nitrogens with one attached hydrogen (secondary N) is 2. The molecule has 2 N–H and O–H groups in total. The molecule has 0 bridgehead atoms. The lowest BCUT2D eigenvalue weighted by atomic mass is 9.97. The highest BCUT2D eigenvalue weighted by Gasteiger charge is 2.30. The summed E-state index contributed by atoms with van der Waals surface area (Å²) in [6.45, 7) is 4.26. The van der Waals surface area contributed by atoms with Crippen LogP contribution in [0.5, 0.6) is 5.75 Å². The lowest BCUT2D eigenvalue weighted by molar-refractivity contribution is 0.0810. The molecule has 1 atom stereocenters. The maximum Gasteiger partial charge on any atom is 0.410 e. The van der Waals surface area contributed by atoms with E-state index in [4.69, 9.17) is 9.47 Å². The van der Waals surface area contributed by atoms with E-state index in [2.05, 4.69) is 16.7 Å². The van der Waals surface area contributed by atoms with Crippen molar-refractivity contribution in [2.75, 3.05) is 38.7 Å². The minimum Gasteiger partial charge on any atom is -0.494 e. The lowest BCUT2D eigenvalue weighted by Gasteiger charge is -2.36. The van der Waals surface area contributed by atoms with Crippen LogP contribution in [0.25, 0.3) is 0 Å². The second-order valence-corrected chi connectivity index (χ2v) is 6.85. The topological polar surface area (TPSA) is 86.6 Å². The van der Waals surface area contributed by atoms with E-state index in [9.17, 15) is 14.4 Å². The highest BCUT2D eigenvalue weighted by molar-refractivity contribution is 5.69. The van der Waals surface area contributed by atoms with Crippen molar-refractivity contribution in [2.24, 2.45) is 0 Å². The summed E-state index contributed by atoms with van der Waals surface area (Å²) in [6.07, 6.45) is -0.375. The number of rotatable bonds is 6. The fourth-order valence-corrected chi connectivity index (χ4v) is 3.48. The standard InChI is InChI=1S/C22H25FN4O3/c1-3-30-22(28)27-9-8-25-14-20(27)18-6-5-17(11-16(18)12-24)26-13-15-4-7-19(23)21(10-15)29-2/h4-7,10-11,20,25-26H,3,8-9,13-14H2,1-2H3. The van der Waals surface area contributed by atoms with Crippen LogP contribution in [0.2, 0.25) is 0 Å². The zero-order valence-corrected chi connectivity index (χ0v) is 17.1. The minimum atomic E-state index is -0.412. The first-order chi connectivity index (χ1) is 14.6. The first-order valence-corrected chi connectivity index (χ1v) is 9.81. The predicted molar refractivity (Wildman–Crippen MR) is 111 cm³/mol. The molecule has 2 aromatic rings. The van der Waals surface area contributed by atoms with Gasteiger partial charge in [0.25, 0.3) is 0 Å². The van der Waals surface area contributed by atoms with Crippen molar-refractivity contribution in [3.8, 4) is 11.8 Å². The van der Waals surface area contributed by atoms with Crippen molar-refractivity contribution >= 4 is 11.8 Å². The molecule has 1 fully saturated rings. The van der Waals surface area contributed by atoms with Gasteiger partial charge in [-0.3, -0.25) is 4.90 Å². The van der Waals surface area contributed by atoms with Crippen LogP contribution in [0.3, 0.4) is 0 Å². The van der Waals surface area contributed by atoms with Crippen LogP contribution in [-0.4, -0.2) is 44.3 Å². The van der Waals surface area contributed by atoms with Gasteiger partial charge in [0.2, 0.25) is 0 Å². The summed E-state index contributed by atoms with van der Waals surface area (Å²) in [4.78, 5) is 14.0. The van der Waals surface area contributed by atoms with Crippen molar-refractivity contribution in [3.05, 3.63) is 58.9 Å². The number of nitriles is 1. The molecule has 158 valence electrons. The summed E-state index contributed by atoms with van der Waals surface area (Å²) in [5.74, 6) is -0.226. The number of carbonyl (C=O) groups excluding carboxylic acids is 1. The maximum absolute atomic E-state index is 13.6. The summed E-state index contributed by atoms with van der Waals surface area (Å²) in [7, 11) is 1.42. The fraction of sp³-hybridized carbons (Fsp3) is 0.364. The van der Waals surface area contributed by atoms with E-state index in [-0.39, 0.29) is 17.9 Å². The van der Waals surface area contributed by atoms with Crippen molar-refractivity contribution in [3.63, 3.8) is 0 Å². The molecule has 8 heteroatoms. The van der Waals surface area contributed by atoms with Gasteiger partial charge in [-0.15, -0.1) is 0 Å². The van der Waals surface area contributed by atoms with Gasteiger partial charge in [-0.25, -0.2) is 9.18 Å². The quantitative estimate of drug-likeness (QED) is 0.756. The molecule has 0 aliphatic carbocycles. The Morgan fingerprint density at radius 2 is 2.20 bits per heavy atom. The molecule has 1 heterocycles. The number of halogens is 1. The Balaban J connectivity index is 1.77. The van der Waals surface area contributed by atoms with Gasteiger partial charge in [-0.05, 0) is 42.3 Å². The van der Waals surface area contributed by atoms with Gasteiger partial charge < -0.3 is 20.1 Å². The molecule has 1 aliphatic rings. The highest BCUT2D eigenvalue weighted by Crippen LogP contribution is 2.28. The van der Waals surface area contributed by atoms with E-state index in [0.717, 1.165) is 16.8 Å². The molecule has 3 rings (SSSR count). The lowest BCUT2D eigenvalue weighted by Crippen LogP contribution is -2.49. The van der Waals surface area contributed by atoms with Gasteiger partial charge in [-0.2, -0.15) is 5.26 Å². The first kappa shape index (κ1) is 21.4. The Kier molecular flexibility index (Phi) is 7.09. The van der Waals surface area contributed by atoms with Crippen molar-refractivity contribution in [1.29, 1.82) is 5.26 Å². The largest absolute Gasteiger partial charge is 0.494 e. The SMILES string of the molecule is CCOC(=O)N1CCNCC1c1ccc(NCc2ccc(F)c(OC)c2)cc1C#N. The Hall–Kier alpha value is -3.31. The molecule has 1 amide bonds. The molecular formula is C22H25FN4O3. The Bertz CT molecular complexity index is 944. The number of benzene rings is 2. The summed E-state index contributed by atoms with van der Waals surface area (Å²) in [5, 5.41) is 16.2. The second-order valence-electron chi connectivity index (χ2n) is 6.85. The number of ether oxygens (including phenoxy) is 2. The number of anilines is 1. The molecular weight excluding hydrogens is 387 g/mol. The molecule has 0 saturated carbocycles. The van der Waals surface area contributed by atoms with E-state index >= 15 is 0 Å². The van der Waals surface area contributed by atoms with Crippen LogP contribution in [0.15, 0.2) is 36.4 Å². The third-order valence-electron chi connectivity index (χ3n) is 4.99. The molecule has 1 saturated heterocycles. The van der Waals surface area contributed by atoms with E-state index in [1.54, 1.807) is 30.0 Å². The normalized spacial score (nSPS) is 15.9. The van der Waals surface area contributed by atoms with Gasteiger partial charge in [0.15, 0.2) is 11.6 Å². The van der Waals surface area contributed by atoms with Crippen LogP contribution in [0.4, 0.5) is 14.9 Å². The first-order valence-electron chi connectivity index (χ1n) is 9.81. The maximum atomic E-state index is 13.6. The van der Waals surface area contributed by atoms with Gasteiger partial charge in [0, 0.05) is 31.9 Å². The van der Waals surface area contributed by atoms with E-state index in [0.29, 0.717) is 38.3 Å². The number of nitrogens with zero attached hydrogens (tertiary/aromatic N) is 2. The van der Waals surface area contributed by atoms with Crippen molar-refractivity contribution < 1.29 is 18.7 Å². The van der Waals surface area contributed by atoms with Crippen LogP contribution in [0, 0.1) is 17.1 Å². The molecule has 0 spiro atoms. The monoisotopic (exact) mass is 412 g/mol. The van der Waals surface area contributed by atoms with Crippen LogP contribution >= 0.6 is 0 Å². The number of carbonyl (C=O) groups is 1. The zero-order valence-electron chi connectivity index (χ0n) is 17.1. The zero-order chi connectivity index (χ0) is 21.5. The number of methoxy groups -OCH3 is 1. The number of hydrogen-bond donors (Lipinski definition) is 2. The van der Waals surface area contributed by atoms with Crippen LogP contribution in [-0.2, 0) is 11.3 Å². The molecule has 1 unspecified atom stereocenters. The van der Waals surface area contributed by atoms with Gasteiger partial charge >= 0.3 is 6.09 Å². The summed E-state index contributed by atoms with van der Waals surface area (Å²) in [5.41, 5.74) is 2.86. The van der Waals surface area contributed by atoms with Crippen LogP contribution < -0.4 is 15.4 Å². The minimum absolute atomic E-state index is 0.186. The highest BCUT2D eigenvalue weighted by atomic mass is 19.1. The smallest absolute Gasteiger partial charge is 0.410 e. The van der Waals surface area contributed by atoms with Crippen molar-refractivity contribution in [2.45, 2.75) is 19.5 Å². The summed E-state index contributed by atoms with van der Waals surface area (Å²) >= 11 is 0. The number of amides is 1. The summed E-state index contributed by atoms with van der Waals surface area (Å²) < 4.78 is 23.7. The number of hydrogen-bond acceptors (Lipinski definition) is 6. The summed E-state index contributed by atoms with van der Waals surface area (Å²) in [6, 6.07) is 12.1. The molecule has 0 radical (unpaired) electrons. The van der Waals surface area contributed by atoms with Gasteiger partial charge in [0.1, 0.15) is 0 Å². The molecule has 1 aliphatic heterocycles. The number of piperazine rings is 1. The second kappa shape index (κ2) is 9.94. The average molecular weight is 412 g/mol. The van der Waals surface area contributed by atoms with Gasteiger partial charge in [-0.1, -0.05) is 12.1 Å².